The number of nitrogens with one attached hydrogen (secondary N) is 1. The van der Waals surface area contributed by atoms with E-state index in [2.05, 4.69) is 40.2 Å². The molecule has 3 aliphatic heterocycles. The Morgan fingerprint density at radius 2 is 1.97 bits per heavy atom. The SMILES string of the molecule is CC1CCCN(CCOc2ccccc2CN2CCC3(CC2)N=C(N(C)C)NC3=O)C1. The summed E-state index contributed by atoms with van der Waals surface area (Å²) in [5.41, 5.74) is 0.636. The lowest BCUT2D eigenvalue weighted by Crippen LogP contribution is -2.49. The Labute approximate surface area is 186 Å². The van der Waals surface area contributed by atoms with Crippen LogP contribution >= 0.6 is 0 Å². The van der Waals surface area contributed by atoms with E-state index in [1.54, 1.807) is 0 Å². The van der Waals surface area contributed by atoms with Crippen LogP contribution in [0.25, 0.3) is 0 Å². The highest BCUT2D eigenvalue weighted by molar-refractivity contribution is 6.07. The Balaban J connectivity index is 1.30. The Morgan fingerprint density at radius 3 is 2.68 bits per heavy atom. The van der Waals surface area contributed by atoms with Crippen molar-refractivity contribution in [1.29, 1.82) is 0 Å². The molecule has 170 valence electrons. The zero-order valence-corrected chi connectivity index (χ0v) is 19.3. The minimum atomic E-state index is -0.586. The average Bonchev–Trinajstić information content (AvgIpc) is 3.07. The summed E-state index contributed by atoms with van der Waals surface area (Å²) in [6.07, 6.45) is 4.16. The Hall–Kier alpha value is -2.12. The molecule has 2 saturated heterocycles. The summed E-state index contributed by atoms with van der Waals surface area (Å²) in [5.74, 6) is 2.51. The van der Waals surface area contributed by atoms with Crippen LogP contribution in [0.15, 0.2) is 29.3 Å². The fourth-order valence-corrected chi connectivity index (χ4v) is 4.92. The number of rotatable bonds is 6. The minimum absolute atomic E-state index is 0.0478. The van der Waals surface area contributed by atoms with Crippen LogP contribution < -0.4 is 10.1 Å². The van der Waals surface area contributed by atoms with Crippen molar-refractivity contribution in [3.05, 3.63) is 29.8 Å². The maximum Gasteiger partial charge on any atom is 0.254 e. The van der Waals surface area contributed by atoms with Gasteiger partial charge in [0.2, 0.25) is 5.96 Å². The van der Waals surface area contributed by atoms with E-state index in [4.69, 9.17) is 9.73 Å². The average molecular weight is 428 g/mol. The van der Waals surface area contributed by atoms with Gasteiger partial charge in [-0.25, -0.2) is 4.99 Å². The van der Waals surface area contributed by atoms with E-state index in [1.807, 2.05) is 25.1 Å². The molecule has 1 atom stereocenters. The van der Waals surface area contributed by atoms with Crippen LogP contribution in [0.2, 0.25) is 0 Å². The van der Waals surface area contributed by atoms with Crippen LogP contribution in [0.4, 0.5) is 0 Å². The van der Waals surface area contributed by atoms with Crippen LogP contribution in [0, 0.1) is 5.92 Å². The van der Waals surface area contributed by atoms with E-state index in [0.717, 1.165) is 57.3 Å². The van der Waals surface area contributed by atoms with Gasteiger partial charge in [-0.1, -0.05) is 25.1 Å². The number of aliphatic imine (C=N–C) groups is 1. The molecule has 1 aromatic carbocycles. The fraction of sp³-hybridized carbons (Fsp3) is 0.667. The number of guanidine groups is 1. The Morgan fingerprint density at radius 1 is 1.19 bits per heavy atom. The van der Waals surface area contributed by atoms with Gasteiger partial charge in [0.1, 0.15) is 17.9 Å². The first kappa shape index (κ1) is 22.1. The number of carbonyl (C=O) groups is 1. The predicted octanol–water partition coefficient (Wildman–Crippen LogP) is 2.18. The third kappa shape index (κ3) is 5.21. The van der Waals surface area contributed by atoms with E-state index < -0.39 is 5.54 Å². The second-order valence-electron chi connectivity index (χ2n) is 9.60. The lowest BCUT2D eigenvalue weighted by Gasteiger charge is -2.35. The molecule has 0 saturated carbocycles. The van der Waals surface area contributed by atoms with Crippen LogP contribution in [0.5, 0.6) is 5.75 Å². The zero-order chi connectivity index (χ0) is 21.8. The van der Waals surface area contributed by atoms with Gasteiger partial charge < -0.3 is 9.64 Å². The van der Waals surface area contributed by atoms with Crippen LogP contribution in [0.3, 0.4) is 0 Å². The number of ether oxygens (including phenoxy) is 1. The first-order chi connectivity index (χ1) is 14.9. The van der Waals surface area contributed by atoms with Gasteiger partial charge in [-0.2, -0.15) is 0 Å². The second kappa shape index (κ2) is 9.57. The van der Waals surface area contributed by atoms with Gasteiger partial charge in [-0.05, 0) is 44.2 Å². The van der Waals surface area contributed by atoms with Crippen LogP contribution in [-0.2, 0) is 11.3 Å². The van der Waals surface area contributed by atoms with Gasteiger partial charge in [0, 0.05) is 52.4 Å². The summed E-state index contributed by atoms with van der Waals surface area (Å²) >= 11 is 0. The van der Waals surface area contributed by atoms with Crippen molar-refractivity contribution in [3.63, 3.8) is 0 Å². The summed E-state index contributed by atoms with van der Waals surface area (Å²) in [6.45, 7) is 9.00. The molecular weight excluding hydrogens is 390 g/mol. The van der Waals surface area contributed by atoms with Crippen molar-refractivity contribution in [3.8, 4) is 5.75 Å². The summed E-state index contributed by atoms with van der Waals surface area (Å²) in [7, 11) is 3.83. The van der Waals surface area contributed by atoms with Crippen molar-refractivity contribution >= 4 is 11.9 Å². The second-order valence-corrected chi connectivity index (χ2v) is 9.60. The molecule has 2 fully saturated rings. The number of likely N-dealkylation sites (tertiary alicyclic amines) is 2. The van der Waals surface area contributed by atoms with Gasteiger partial charge in [0.15, 0.2) is 0 Å². The molecule has 31 heavy (non-hydrogen) atoms. The Bertz CT molecular complexity index is 801. The highest BCUT2D eigenvalue weighted by Gasteiger charge is 2.46. The number of nitrogens with zero attached hydrogens (tertiary/aromatic N) is 4. The molecule has 0 radical (unpaired) electrons. The molecule has 1 spiro atoms. The van der Waals surface area contributed by atoms with Crippen molar-refractivity contribution in [1.82, 2.24) is 20.0 Å². The van der Waals surface area contributed by atoms with Gasteiger partial charge in [0.25, 0.3) is 5.91 Å². The molecular formula is C24H37N5O2. The van der Waals surface area contributed by atoms with Gasteiger partial charge >= 0.3 is 0 Å². The molecule has 1 unspecified atom stereocenters. The normalized spacial score (nSPS) is 24.2. The minimum Gasteiger partial charge on any atom is -0.492 e. The van der Waals surface area contributed by atoms with Crippen LogP contribution in [-0.4, -0.2) is 85.5 Å². The van der Waals surface area contributed by atoms with E-state index in [1.165, 1.54) is 31.5 Å². The van der Waals surface area contributed by atoms with Crippen LogP contribution in [0.1, 0.15) is 38.2 Å². The first-order valence-electron chi connectivity index (χ1n) is 11.7. The molecule has 0 aliphatic carbocycles. The number of para-hydroxylation sites is 1. The Kier molecular flexibility index (Phi) is 6.82. The molecule has 7 nitrogen and oxygen atoms in total. The number of hydrogen-bond acceptors (Lipinski definition) is 6. The highest BCUT2D eigenvalue weighted by atomic mass is 16.5. The predicted molar refractivity (Wildman–Crippen MR) is 123 cm³/mol. The van der Waals surface area contributed by atoms with E-state index in [0.29, 0.717) is 5.96 Å². The standard InChI is InChI=1S/C24H37N5O2/c1-19-7-6-12-28(17-19)15-16-31-21-9-5-4-8-20(21)18-29-13-10-24(11-14-29)22(30)25-23(26-24)27(2)3/h4-5,8-9,19H,6-7,10-18H2,1-3H3,(H,25,26,30). The summed E-state index contributed by atoms with van der Waals surface area (Å²) in [4.78, 5) is 24.1. The maximum atomic E-state index is 12.6. The molecule has 7 heteroatoms. The largest absolute Gasteiger partial charge is 0.492 e. The van der Waals surface area contributed by atoms with Gasteiger partial charge in [-0.15, -0.1) is 0 Å². The maximum absolute atomic E-state index is 12.6. The summed E-state index contributed by atoms with van der Waals surface area (Å²) in [6, 6.07) is 8.37. The molecule has 0 aromatic heterocycles. The highest BCUT2D eigenvalue weighted by Crippen LogP contribution is 2.31. The number of piperidine rings is 2. The monoisotopic (exact) mass is 427 g/mol. The molecule has 3 aliphatic rings. The third-order valence-electron chi connectivity index (χ3n) is 6.85. The molecule has 3 heterocycles. The number of hydrogen-bond donors (Lipinski definition) is 1. The van der Waals surface area contributed by atoms with Crippen molar-refractivity contribution in [2.24, 2.45) is 10.9 Å². The van der Waals surface area contributed by atoms with E-state index in [9.17, 15) is 4.79 Å². The summed E-state index contributed by atoms with van der Waals surface area (Å²) in [5, 5.41) is 2.93. The zero-order valence-electron chi connectivity index (χ0n) is 19.3. The molecule has 0 bridgehead atoms. The molecule has 1 aromatic rings. The lowest BCUT2D eigenvalue weighted by atomic mass is 9.88. The first-order valence-corrected chi connectivity index (χ1v) is 11.7. The summed E-state index contributed by atoms with van der Waals surface area (Å²) < 4.78 is 6.21. The quantitative estimate of drug-likeness (QED) is 0.754. The van der Waals surface area contributed by atoms with Gasteiger partial charge in [-0.3, -0.25) is 19.9 Å². The van der Waals surface area contributed by atoms with E-state index in [-0.39, 0.29) is 5.91 Å². The smallest absolute Gasteiger partial charge is 0.254 e. The van der Waals surface area contributed by atoms with Crippen molar-refractivity contribution in [2.45, 2.75) is 44.7 Å². The number of amides is 1. The van der Waals surface area contributed by atoms with Crippen molar-refractivity contribution < 1.29 is 9.53 Å². The topological polar surface area (TPSA) is 60.4 Å². The lowest BCUT2D eigenvalue weighted by molar-refractivity contribution is -0.125. The third-order valence-corrected chi connectivity index (χ3v) is 6.85. The number of carbonyl (C=O) groups excluding carboxylic acids is 1. The molecule has 1 amide bonds. The van der Waals surface area contributed by atoms with Crippen molar-refractivity contribution in [2.75, 3.05) is 53.4 Å². The molecule has 4 rings (SSSR count). The molecule has 1 N–H and O–H groups in total. The number of benzene rings is 1. The van der Waals surface area contributed by atoms with E-state index >= 15 is 0 Å². The fourth-order valence-electron chi connectivity index (χ4n) is 4.92. The van der Waals surface area contributed by atoms with Gasteiger partial charge in [0.05, 0.1) is 0 Å².